The highest BCUT2D eigenvalue weighted by Gasteiger charge is 2.43. The molecule has 236 valence electrons. The molecule has 44 heavy (non-hydrogen) atoms. The van der Waals surface area contributed by atoms with Gasteiger partial charge in [-0.2, -0.15) is 10.2 Å². The lowest BCUT2D eigenvalue weighted by molar-refractivity contribution is 0.0746. The van der Waals surface area contributed by atoms with E-state index >= 15 is 4.39 Å². The first kappa shape index (κ1) is 32.7. The van der Waals surface area contributed by atoms with Crippen LogP contribution in [0.3, 0.4) is 0 Å². The summed E-state index contributed by atoms with van der Waals surface area (Å²) in [6.45, 7) is 15.1. The van der Waals surface area contributed by atoms with Crippen molar-refractivity contribution in [2.24, 2.45) is 7.05 Å². The van der Waals surface area contributed by atoms with Gasteiger partial charge in [-0.3, -0.25) is 9.48 Å². The molecule has 0 fully saturated rings. The summed E-state index contributed by atoms with van der Waals surface area (Å²) < 4.78 is 31.7. The summed E-state index contributed by atoms with van der Waals surface area (Å²) in [6.07, 6.45) is 1.52. The van der Waals surface area contributed by atoms with Crippen LogP contribution in [0.4, 0.5) is 10.1 Å². The molecule has 4 aromatic rings. The molecule has 0 N–H and O–H groups in total. The van der Waals surface area contributed by atoms with Crippen LogP contribution in [0.2, 0.25) is 51.4 Å². The number of anilines is 1. The van der Waals surface area contributed by atoms with E-state index in [1.54, 1.807) is 4.68 Å². The number of hydrogen-bond acceptors (Lipinski definition) is 7. The van der Waals surface area contributed by atoms with E-state index in [1.807, 2.05) is 31.3 Å². The monoisotopic (exact) mass is 700 g/mol. The molecule has 0 spiro atoms. The first-order valence-electron chi connectivity index (χ1n) is 15.0. The number of aromatic nitrogens is 5. The first-order valence-corrected chi connectivity index (χ1v) is 23.2. The molecule has 1 aliphatic heterocycles. The van der Waals surface area contributed by atoms with Crippen molar-refractivity contribution in [1.82, 2.24) is 24.5 Å². The average Bonchev–Trinajstić information content (AvgIpc) is 3.36. The molecule has 2 unspecified atom stereocenters. The van der Waals surface area contributed by atoms with E-state index in [9.17, 15) is 4.79 Å². The Kier molecular flexibility index (Phi) is 9.62. The fourth-order valence-corrected chi connectivity index (χ4v) is 7.29. The summed E-state index contributed by atoms with van der Waals surface area (Å²) in [5.41, 5.74) is 1.79. The zero-order chi connectivity index (χ0) is 31.8. The number of benzene rings is 2. The summed E-state index contributed by atoms with van der Waals surface area (Å²) in [5, 5.41) is 10.2. The molecule has 0 saturated heterocycles. The third-order valence-corrected chi connectivity index (χ3v) is 11.9. The van der Waals surface area contributed by atoms with Crippen LogP contribution in [0.25, 0.3) is 10.8 Å². The van der Waals surface area contributed by atoms with Gasteiger partial charge in [0.15, 0.2) is 0 Å². The van der Waals surface area contributed by atoms with Crippen molar-refractivity contribution in [2.75, 3.05) is 24.8 Å². The first-order chi connectivity index (χ1) is 20.7. The molecule has 0 amide bonds. The van der Waals surface area contributed by atoms with Crippen molar-refractivity contribution < 1.29 is 13.9 Å². The second-order valence-corrected chi connectivity index (χ2v) is 26.1. The second kappa shape index (κ2) is 13.0. The van der Waals surface area contributed by atoms with Gasteiger partial charge in [0, 0.05) is 46.3 Å². The van der Waals surface area contributed by atoms with Crippen LogP contribution < -0.4 is 10.5 Å². The van der Waals surface area contributed by atoms with Crippen LogP contribution >= 0.6 is 15.9 Å². The highest BCUT2D eigenvalue weighted by atomic mass is 79.9. The maximum atomic E-state index is 15.4. The minimum atomic E-state index is -1.34. The van der Waals surface area contributed by atoms with Crippen molar-refractivity contribution in [3.8, 4) is 0 Å². The predicted molar refractivity (Wildman–Crippen MR) is 181 cm³/mol. The Bertz CT molecular complexity index is 1680. The van der Waals surface area contributed by atoms with E-state index in [1.165, 1.54) is 23.1 Å². The summed E-state index contributed by atoms with van der Waals surface area (Å²) >= 11 is 3.57. The molecule has 0 radical (unpaired) electrons. The lowest BCUT2D eigenvalue weighted by Gasteiger charge is -2.42. The maximum absolute atomic E-state index is 15.4. The average molecular weight is 702 g/mol. The maximum Gasteiger partial charge on any atom is 0.277 e. The van der Waals surface area contributed by atoms with E-state index in [0.717, 1.165) is 22.1 Å². The Morgan fingerprint density at radius 1 is 0.955 bits per heavy atom. The van der Waals surface area contributed by atoms with E-state index in [4.69, 9.17) is 14.6 Å². The van der Waals surface area contributed by atoms with Crippen molar-refractivity contribution in [3.63, 3.8) is 0 Å². The fourth-order valence-electron chi connectivity index (χ4n) is 5.51. The SMILES string of the molecule is Cn1ncnc1C1c2nn(COCC[Si](C)(C)C)c(=O)c3cc(F)cc(c23)N(COCC[Si](C)(C)C)C1c1ccc(Br)cc1. The Balaban J connectivity index is 1.70. The molecule has 9 nitrogen and oxygen atoms in total. The van der Waals surface area contributed by atoms with Gasteiger partial charge in [-0.15, -0.1) is 0 Å². The van der Waals surface area contributed by atoms with Gasteiger partial charge in [-0.1, -0.05) is 67.3 Å². The van der Waals surface area contributed by atoms with Gasteiger partial charge in [-0.05, 0) is 41.9 Å². The summed E-state index contributed by atoms with van der Waals surface area (Å²) in [7, 11) is -0.826. The zero-order valence-corrected chi connectivity index (χ0v) is 30.2. The number of aryl methyl sites for hydroxylation is 1. The molecule has 13 heteroatoms. The molecule has 0 saturated carbocycles. The van der Waals surface area contributed by atoms with Gasteiger partial charge in [0.05, 0.1) is 28.7 Å². The van der Waals surface area contributed by atoms with E-state index in [-0.39, 0.29) is 24.9 Å². The molecule has 2 aromatic heterocycles. The molecule has 0 aliphatic carbocycles. The van der Waals surface area contributed by atoms with Crippen LogP contribution in [0.15, 0.2) is 52.0 Å². The van der Waals surface area contributed by atoms with Gasteiger partial charge in [0.2, 0.25) is 0 Å². The second-order valence-electron chi connectivity index (χ2n) is 13.9. The third-order valence-electron chi connectivity index (χ3n) is 7.96. The highest BCUT2D eigenvalue weighted by molar-refractivity contribution is 9.10. The predicted octanol–water partition coefficient (Wildman–Crippen LogP) is 6.74. The van der Waals surface area contributed by atoms with Crippen molar-refractivity contribution >= 4 is 48.5 Å². The number of hydrogen-bond donors (Lipinski definition) is 0. The van der Waals surface area contributed by atoms with Gasteiger partial charge in [-0.25, -0.2) is 14.1 Å². The normalized spacial score (nSPS) is 17.1. The quantitative estimate of drug-likeness (QED) is 0.119. The molecule has 0 bridgehead atoms. The van der Waals surface area contributed by atoms with Crippen LogP contribution in [0, 0.1) is 5.82 Å². The summed E-state index contributed by atoms with van der Waals surface area (Å²) in [4.78, 5) is 20.6. The van der Waals surface area contributed by atoms with Gasteiger partial charge >= 0.3 is 0 Å². The van der Waals surface area contributed by atoms with Crippen LogP contribution in [0.5, 0.6) is 0 Å². The van der Waals surface area contributed by atoms with Crippen molar-refractivity contribution in [3.05, 3.63) is 80.5 Å². The molecular formula is C31H42BrFN6O3Si2. The van der Waals surface area contributed by atoms with Crippen LogP contribution in [-0.4, -0.2) is 60.6 Å². The molecule has 2 atom stereocenters. The van der Waals surface area contributed by atoms with Gasteiger partial charge < -0.3 is 14.4 Å². The van der Waals surface area contributed by atoms with Crippen LogP contribution in [-0.2, 0) is 23.3 Å². The lowest BCUT2D eigenvalue weighted by Crippen LogP contribution is -2.41. The number of rotatable bonds is 12. The molecule has 3 heterocycles. The minimum Gasteiger partial charge on any atom is -0.361 e. The Hall–Kier alpha value is -2.72. The Morgan fingerprint density at radius 3 is 2.18 bits per heavy atom. The van der Waals surface area contributed by atoms with Crippen LogP contribution in [0.1, 0.15) is 29.0 Å². The number of nitrogens with zero attached hydrogens (tertiary/aromatic N) is 6. The number of ether oxygens (including phenoxy) is 2. The Labute approximate surface area is 268 Å². The topological polar surface area (TPSA) is 87.3 Å². The fraction of sp³-hybridized carbons (Fsp3) is 0.484. The van der Waals surface area contributed by atoms with Gasteiger partial charge in [0.1, 0.15) is 31.4 Å². The molecule has 1 aliphatic rings. The zero-order valence-electron chi connectivity index (χ0n) is 26.6. The smallest absolute Gasteiger partial charge is 0.277 e. The highest BCUT2D eigenvalue weighted by Crippen LogP contribution is 2.50. The van der Waals surface area contributed by atoms with Gasteiger partial charge in [0.25, 0.3) is 5.56 Å². The van der Waals surface area contributed by atoms with E-state index in [2.05, 4.69) is 70.2 Å². The van der Waals surface area contributed by atoms with E-state index < -0.39 is 33.4 Å². The number of halogens is 2. The Morgan fingerprint density at radius 2 is 1.59 bits per heavy atom. The molecule has 5 rings (SSSR count). The van der Waals surface area contributed by atoms with E-state index in [0.29, 0.717) is 35.8 Å². The minimum absolute atomic E-state index is 0.0178. The standard InChI is InChI=1S/C31H42BrFN6O3Si2/c1-37-30(34-18-35-37)27-28-26-24(31(40)39(36-28)20-42-13-15-44(5,6)7)16-23(33)17-25(26)38(19-41-12-14-43(2,3)4)29(27)21-8-10-22(32)11-9-21/h8-11,16-18,27,29H,12-15,19-20H2,1-7H3. The van der Waals surface area contributed by atoms with Crippen molar-refractivity contribution in [2.45, 2.75) is 70.1 Å². The molecule has 2 aromatic carbocycles. The lowest BCUT2D eigenvalue weighted by atomic mass is 9.82. The summed E-state index contributed by atoms with van der Waals surface area (Å²) in [5.74, 6) is -0.260. The third kappa shape index (κ3) is 7.22. The molecular weight excluding hydrogens is 659 g/mol. The summed E-state index contributed by atoms with van der Waals surface area (Å²) in [6, 6.07) is 12.5. The largest absolute Gasteiger partial charge is 0.361 e. The van der Waals surface area contributed by atoms with Crippen molar-refractivity contribution in [1.29, 1.82) is 0 Å².